The maximum Gasteiger partial charge on any atom is 0.227 e. The molecule has 0 radical (unpaired) electrons. The molecule has 3 rings (SSSR count). The molecule has 1 saturated carbocycles. The molecular formula is C15H17N3OS. The number of amides is 1. The third-order valence-corrected chi connectivity index (χ3v) is 4.03. The minimum Gasteiger partial charge on any atom is -0.362 e. The Kier molecular flexibility index (Phi) is 3.69. The predicted molar refractivity (Wildman–Crippen MR) is 83.1 cm³/mol. The van der Waals surface area contributed by atoms with E-state index in [1.165, 1.54) is 0 Å². The van der Waals surface area contributed by atoms with Crippen molar-refractivity contribution >= 4 is 28.1 Å². The summed E-state index contributed by atoms with van der Waals surface area (Å²) >= 11 is 1.60. The van der Waals surface area contributed by atoms with Crippen LogP contribution in [0.2, 0.25) is 0 Å². The molecule has 4 nitrogen and oxygen atoms in total. The van der Waals surface area contributed by atoms with Gasteiger partial charge in [0.15, 0.2) is 5.13 Å². The Balaban J connectivity index is 1.69. The summed E-state index contributed by atoms with van der Waals surface area (Å²) in [5.41, 5.74) is 2.88. The first-order valence-corrected chi connectivity index (χ1v) is 7.75. The summed E-state index contributed by atoms with van der Waals surface area (Å²) in [6.45, 7) is 2.93. The van der Waals surface area contributed by atoms with Crippen LogP contribution in [0.25, 0.3) is 11.3 Å². The number of carbonyl (C=O) groups is 1. The van der Waals surface area contributed by atoms with Gasteiger partial charge >= 0.3 is 0 Å². The molecule has 1 fully saturated rings. The average molecular weight is 287 g/mol. The number of nitrogens with zero attached hydrogens (tertiary/aromatic N) is 1. The number of carbonyl (C=O) groups excluding carboxylic acids is 1. The van der Waals surface area contributed by atoms with Crippen LogP contribution in [-0.2, 0) is 4.79 Å². The van der Waals surface area contributed by atoms with Gasteiger partial charge in [-0.15, -0.1) is 11.3 Å². The Hall–Kier alpha value is -1.88. The van der Waals surface area contributed by atoms with E-state index < -0.39 is 0 Å². The van der Waals surface area contributed by atoms with E-state index in [0.717, 1.165) is 41.5 Å². The number of rotatable bonds is 5. The molecule has 104 valence electrons. The third kappa shape index (κ3) is 2.99. The lowest BCUT2D eigenvalue weighted by Crippen LogP contribution is -2.12. The van der Waals surface area contributed by atoms with Crippen LogP contribution in [0.3, 0.4) is 0 Å². The van der Waals surface area contributed by atoms with Gasteiger partial charge in [-0.3, -0.25) is 4.79 Å². The predicted octanol–water partition coefficient (Wildman–Crippen LogP) is 3.59. The Morgan fingerprint density at radius 1 is 1.35 bits per heavy atom. The molecule has 0 aliphatic heterocycles. The lowest BCUT2D eigenvalue weighted by Gasteiger charge is -2.04. The molecule has 0 atom stereocenters. The highest BCUT2D eigenvalue weighted by molar-refractivity contribution is 7.14. The van der Waals surface area contributed by atoms with E-state index in [2.05, 4.69) is 22.5 Å². The maximum atomic E-state index is 11.7. The number of thiazole rings is 1. The molecule has 2 aromatic rings. The third-order valence-electron chi connectivity index (χ3n) is 3.23. The summed E-state index contributed by atoms with van der Waals surface area (Å²) in [6.07, 6.45) is 2.05. The molecule has 0 bridgehead atoms. The summed E-state index contributed by atoms with van der Waals surface area (Å²) in [5, 5.41) is 9.12. The minimum absolute atomic E-state index is 0.140. The second kappa shape index (κ2) is 5.63. The zero-order valence-corrected chi connectivity index (χ0v) is 12.2. The fraction of sp³-hybridized carbons (Fsp3) is 0.333. The quantitative estimate of drug-likeness (QED) is 0.883. The second-order valence-corrected chi connectivity index (χ2v) is 5.77. The Labute approximate surface area is 122 Å². The molecule has 1 heterocycles. The number of hydrogen-bond donors (Lipinski definition) is 2. The van der Waals surface area contributed by atoms with Crippen LogP contribution in [-0.4, -0.2) is 17.4 Å². The van der Waals surface area contributed by atoms with E-state index in [1.54, 1.807) is 11.3 Å². The average Bonchev–Trinajstić information content (AvgIpc) is 3.21. The van der Waals surface area contributed by atoms with Crippen molar-refractivity contribution in [3.05, 3.63) is 29.6 Å². The van der Waals surface area contributed by atoms with Crippen molar-refractivity contribution in [1.82, 2.24) is 4.98 Å². The van der Waals surface area contributed by atoms with Gasteiger partial charge in [0.2, 0.25) is 5.91 Å². The topological polar surface area (TPSA) is 54.0 Å². The number of aromatic nitrogens is 1. The van der Waals surface area contributed by atoms with Crippen molar-refractivity contribution < 1.29 is 4.79 Å². The van der Waals surface area contributed by atoms with Crippen molar-refractivity contribution in [2.45, 2.75) is 19.8 Å². The molecule has 1 aliphatic rings. The zero-order chi connectivity index (χ0) is 13.9. The standard InChI is InChI=1S/C15H17N3OS/c1-2-16-15-18-13(9-20-15)10-5-7-12(8-6-10)17-14(19)11-3-4-11/h5-9,11H,2-4H2,1H3,(H,16,18)(H,17,19). The van der Waals surface area contributed by atoms with E-state index in [0.29, 0.717) is 0 Å². The van der Waals surface area contributed by atoms with Crippen molar-refractivity contribution in [3.63, 3.8) is 0 Å². The van der Waals surface area contributed by atoms with Gasteiger partial charge in [-0.1, -0.05) is 12.1 Å². The largest absolute Gasteiger partial charge is 0.362 e. The van der Waals surface area contributed by atoms with Crippen molar-refractivity contribution in [3.8, 4) is 11.3 Å². The monoisotopic (exact) mass is 287 g/mol. The van der Waals surface area contributed by atoms with E-state index in [9.17, 15) is 4.79 Å². The van der Waals surface area contributed by atoms with Gasteiger partial charge in [-0.05, 0) is 31.9 Å². The van der Waals surface area contributed by atoms with Crippen LogP contribution in [0.1, 0.15) is 19.8 Å². The smallest absolute Gasteiger partial charge is 0.227 e. The van der Waals surface area contributed by atoms with E-state index in [-0.39, 0.29) is 11.8 Å². The molecule has 20 heavy (non-hydrogen) atoms. The first kappa shape index (κ1) is 13.1. The SMILES string of the molecule is CCNc1nc(-c2ccc(NC(=O)C3CC3)cc2)cs1. The summed E-state index contributed by atoms with van der Waals surface area (Å²) in [6, 6.07) is 7.85. The van der Waals surface area contributed by atoms with Crippen molar-refractivity contribution in [1.29, 1.82) is 0 Å². The van der Waals surface area contributed by atoms with Crippen LogP contribution in [0.4, 0.5) is 10.8 Å². The van der Waals surface area contributed by atoms with Gasteiger partial charge in [0.1, 0.15) is 0 Å². The number of benzene rings is 1. The summed E-state index contributed by atoms with van der Waals surface area (Å²) < 4.78 is 0. The molecule has 2 N–H and O–H groups in total. The van der Waals surface area contributed by atoms with E-state index >= 15 is 0 Å². The van der Waals surface area contributed by atoms with Gasteiger partial charge in [0.05, 0.1) is 5.69 Å². The lowest BCUT2D eigenvalue weighted by atomic mass is 10.1. The molecular weight excluding hydrogens is 270 g/mol. The molecule has 5 heteroatoms. The van der Waals surface area contributed by atoms with Gasteiger partial charge in [-0.2, -0.15) is 0 Å². The first-order chi connectivity index (χ1) is 9.76. The van der Waals surface area contributed by atoms with Gasteiger partial charge in [0.25, 0.3) is 0 Å². The fourth-order valence-corrected chi connectivity index (χ4v) is 2.74. The van der Waals surface area contributed by atoms with Crippen LogP contribution in [0, 0.1) is 5.92 Å². The number of anilines is 2. The summed E-state index contributed by atoms with van der Waals surface area (Å²) in [7, 11) is 0. The summed E-state index contributed by atoms with van der Waals surface area (Å²) in [5.74, 6) is 0.372. The van der Waals surface area contributed by atoms with Crippen LogP contribution in [0.15, 0.2) is 29.6 Å². The number of nitrogens with one attached hydrogen (secondary N) is 2. The van der Waals surface area contributed by atoms with Crippen molar-refractivity contribution in [2.75, 3.05) is 17.2 Å². The van der Waals surface area contributed by atoms with Crippen LogP contribution in [0.5, 0.6) is 0 Å². The van der Waals surface area contributed by atoms with E-state index in [4.69, 9.17) is 0 Å². The van der Waals surface area contributed by atoms with Crippen molar-refractivity contribution in [2.24, 2.45) is 5.92 Å². The Morgan fingerprint density at radius 3 is 2.75 bits per heavy atom. The second-order valence-electron chi connectivity index (χ2n) is 4.91. The van der Waals surface area contributed by atoms with Crippen LogP contribution >= 0.6 is 11.3 Å². The Morgan fingerprint density at radius 2 is 2.10 bits per heavy atom. The molecule has 1 aromatic heterocycles. The maximum absolute atomic E-state index is 11.7. The number of hydrogen-bond acceptors (Lipinski definition) is 4. The fourth-order valence-electron chi connectivity index (χ4n) is 1.95. The highest BCUT2D eigenvalue weighted by atomic mass is 32.1. The molecule has 0 saturated heterocycles. The normalized spacial score (nSPS) is 14.1. The molecule has 0 unspecified atom stereocenters. The Bertz CT molecular complexity index is 602. The molecule has 1 aromatic carbocycles. The zero-order valence-electron chi connectivity index (χ0n) is 11.3. The minimum atomic E-state index is 0.140. The van der Waals surface area contributed by atoms with Gasteiger partial charge < -0.3 is 10.6 Å². The van der Waals surface area contributed by atoms with Gasteiger partial charge in [0, 0.05) is 29.1 Å². The van der Waals surface area contributed by atoms with Gasteiger partial charge in [-0.25, -0.2) is 4.98 Å². The first-order valence-electron chi connectivity index (χ1n) is 6.87. The highest BCUT2D eigenvalue weighted by Gasteiger charge is 2.29. The van der Waals surface area contributed by atoms with Crippen LogP contribution < -0.4 is 10.6 Å². The lowest BCUT2D eigenvalue weighted by molar-refractivity contribution is -0.117. The highest BCUT2D eigenvalue weighted by Crippen LogP contribution is 2.31. The molecule has 0 spiro atoms. The molecule has 1 amide bonds. The van der Waals surface area contributed by atoms with E-state index in [1.807, 2.05) is 29.6 Å². The molecule has 1 aliphatic carbocycles. The summed E-state index contributed by atoms with van der Waals surface area (Å²) in [4.78, 5) is 16.2.